The van der Waals surface area contributed by atoms with E-state index in [9.17, 15) is 9.59 Å². The van der Waals surface area contributed by atoms with Crippen LogP contribution in [0.2, 0.25) is 0 Å². The summed E-state index contributed by atoms with van der Waals surface area (Å²) in [5.74, 6) is 1.15. The highest BCUT2D eigenvalue weighted by Gasteiger charge is 2.22. The van der Waals surface area contributed by atoms with Gasteiger partial charge in [-0.1, -0.05) is 29.8 Å². The van der Waals surface area contributed by atoms with Crippen molar-refractivity contribution in [3.8, 4) is 11.5 Å². The third-order valence-electron chi connectivity index (χ3n) is 4.96. The Morgan fingerprint density at radius 3 is 2.37 bits per heavy atom. The van der Waals surface area contributed by atoms with Crippen molar-refractivity contribution in [1.82, 2.24) is 5.32 Å². The lowest BCUT2D eigenvalue weighted by atomic mass is 10.1. The highest BCUT2D eigenvalue weighted by molar-refractivity contribution is 5.93. The van der Waals surface area contributed by atoms with Crippen LogP contribution in [-0.4, -0.2) is 51.2 Å². The van der Waals surface area contributed by atoms with Crippen LogP contribution in [0.4, 0.5) is 5.69 Å². The number of quaternary nitrogens is 1. The van der Waals surface area contributed by atoms with Crippen molar-refractivity contribution < 1.29 is 24.0 Å². The summed E-state index contributed by atoms with van der Waals surface area (Å²) in [7, 11) is 1.82. The Morgan fingerprint density at radius 2 is 1.67 bits per heavy atom. The van der Waals surface area contributed by atoms with Crippen molar-refractivity contribution in [3.05, 3.63) is 53.1 Å². The zero-order valence-electron chi connectivity index (χ0n) is 18.0. The number of para-hydroxylation sites is 2. The summed E-state index contributed by atoms with van der Waals surface area (Å²) in [6.45, 7) is 7.14. The Labute approximate surface area is 177 Å². The summed E-state index contributed by atoms with van der Waals surface area (Å²) in [6, 6.07) is 11.6. The number of carbonyl (C=O) groups is 2. The monoisotopic (exact) mass is 412 g/mol. The first kappa shape index (κ1) is 21.6. The van der Waals surface area contributed by atoms with Gasteiger partial charge in [-0.3, -0.25) is 9.59 Å². The van der Waals surface area contributed by atoms with E-state index in [0.717, 1.165) is 21.7 Å². The van der Waals surface area contributed by atoms with E-state index in [1.807, 2.05) is 64.2 Å². The number of likely N-dealkylation sites (N-methyl/N-ethyl adjacent to an activating group) is 1. The fourth-order valence-corrected chi connectivity index (χ4v) is 3.63. The third-order valence-corrected chi connectivity index (χ3v) is 4.96. The average molecular weight is 413 g/mol. The third kappa shape index (κ3) is 5.73. The van der Waals surface area contributed by atoms with Crippen LogP contribution in [0.15, 0.2) is 36.4 Å². The Hall–Kier alpha value is -3.06. The maximum Gasteiger partial charge on any atom is 0.279 e. The second kappa shape index (κ2) is 9.63. The normalized spacial score (nSPS) is 15.9. The van der Waals surface area contributed by atoms with E-state index in [1.165, 1.54) is 5.56 Å². The molecule has 0 saturated carbocycles. The molecule has 7 nitrogen and oxygen atoms in total. The largest absolute Gasteiger partial charge is 0.486 e. The molecule has 2 amide bonds. The van der Waals surface area contributed by atoms with Crippen molar-refractivity contribution in [3.63, 3.8) is 0 Å². The molecule has 30 heavy (non-hydrogen) atoms. The first-order valence-corrected chi connectivity index (χ1v) is 10.2. The van der Waals surface area contributed by atoms with Crippen molar-refractivity contribution in [1.29, 1.82) is 0 Å². The minimum absolute atomic E-state index is 0.115. The summed E-state index contributed by atoms with van der Waals surface area (Å²) in [4.78, 5) is 25.5. The number of hydrogen-bond donors (Lipinski definition) is 3. The van der Waals surface area contributed by atoms with Gasteiger partial charge in [0.2, 0.25) is 0 Å². The van der Waals surface area contributed by atoms with E-state index in [2.05, 4.69) is 10.6 Å². The van der Waals surface area contributed by atoms with E-state index in [4.69, 9.17) is 9.47 Å². The Morgan fingerprint density at radius 1 is 1.03 bits per heavy atom. The average Bonchev–Trinajstić information content (AvgIpc) is 2.68. The van der Waals surface area contributed by atoms with Crippen LogP contribution >= 0.6 is 0 Å². The first-order valence-electron chi connectivity index (χ1n) is 10.2. The lowest BCUT2D eigenvalue weighted by molar-refractivity contribution is -0.862. The molecule has 3 rings (SSSR count). The van der Waals surface area contributed by atoms with E-state index in [0.29, 0.717) is 24.7 Å². The molecule has 2 atom stereocenters. The highest BCUT2D eigenvalue weighted by atomic mass is 16.6. The maximum absolute atomic E-state index is 12.4. The molecule has 1 unspecified atom stereocenters. The fourth-order valence-electron chi connectivity index (χ4n) is 3.63. The Bertz CT molecular complexity index is 905. The number of aryl methyl sites for hydroxylation is 3. The number of nitrogens with one attached hydrogen (secondary N) is 3. The smallest absolute Gasteiger partial charge is 0.279 e. The SMILES string of the molecule is Cc1cc(C)c(NC(=O)C[NH+](C)CC(=O)NC[C@@H]2COc3ccccc3O2)c(C)c1. The van der Waals surface area contributed by atoms with Gasteiger partial charge in [0.15, 0.2) is 24.6 Å². The number of anilines is 1. The molecular weight excluding hydrogens is 382 g/mol. The van der Waals surface area contributed by atoms with Gasteiger partial charge in [-0.2, -0.15) is 0 Å². The summed E-state index contributed by atoms with van der Waals surface area (Å²) in [6.07, 6.45) is -0.236. The van der Waals surface area contributed by atoms with Crippen LogP contribution in [0.3, 0.4) is 0 Å². The minimum atomic E-state index is -0.236. The van der Waals surface area contributed by atoms with Crippen LogP contribution in [0.1, 0.15) is 16.7 Å². The van der Waals surface area contributed by atoms with Crippen LogP contribution in [0, 0.1) is 20.8 Å². The molecule has 160 valence electrons. The molecule has 1 aliphatic rings. The molecule has 2 aromatic rings. The summed E-state index contributed by atoms with van der Waals surface area (Å²) in [5.41, 5.74) is 4.08. The van der Waals surface area contributed by atoms with Crippen LogP contribution in [0.25, 0.3) is 0 Å². The van der Waals surface area contributed by atoms with Crippen LogP contribution in [0.5, 0.6) is 11.5 Å². The predicted molar refractivity (Wildman–Crippen MR) is 115 cm³/mol. The molecule has 0 fully saturated rings. The van der Waals surface area contributed by atoms with E-state index in [-0.39, 0.29) is 31.0 Å². The molecule has 0 aromatic heterocycles. The van der Waals surface area contributed by atoms with Crippen LogP contribution in [-0.2, 0) is 9.59 Å². The second-order valence-electron chi connectivity index (χ2n) is 7.93. The lowest BCUT2D eigenvalue weighted by Gasteiger charge is -2.26. The predicted octanol–water partition coefficient (Wildman–Crippen LogP) is 1.02. The number of carbonyl (C=O) groups excluding carboxylic acids is 2. The van der Waals surface area contributed by atoms with Gasteiger partial charge in [0.1, 0.15) is 12.7 Å². The van der Waals surface area contributed by atoms with E-state index >= 15 is 0 Å². The molecule has 0 bridgehead atoms. The van der Waals surface area contributed by atoms with Gasteiger partial charge in [0, 0.05) is 5.69 Å². The lowest BCUT2D eigenvalue weighted by Crippen LogP contribution is -3.11. The molecule has 2 aromatic carbocycles. The van der Waals surface area contributed by atoms with Gasteiger partial charge in [0.05, 0.1) is 13.6 Å². The van der Waals surface area contributed by atoms with Gasteiger partial charge >= 0.3 is 0 Å². The second-order valence-corrected chi connectivity index (χ2v) is 7.93. The standard InChI is InChI=1S/C23H29N3O4/c1-15-9-16(2)23(17(3)10-15)25-22(28)13-26(4)12-21(27)24-11-18-14-29-19-7-5-6-8-20(19)30-18/h5-10,18H,11-14H2,1-4H3,(H,24,27)(H,25,28)/p+1/t18-/m1/s1. The number of rotatable bonds is 7. The van der Waals surface area contributed by atoms with E-state index in [1.54, 1.807) is 0 Å². The molecule has 0 aliphatic carbocycles. The maximum atomic E-state index is 12.4. The van der Waals surface area contributed by atoms with Crippen LogP contribution < -0.4 is 25.0 Å². The molecule has 1 heterocycles. The molecule has 0 saturated heterocycles. The summed E-state index contributed by atoms with van der Waals surface area (Å²) in [5, 5.41) is 5.84. The van der Waals surface area contributed by atoms with Gasteiger partial charge < -0.3 is 25.0 Å². The zero-order valence-corrected chi connectivity index (χ0v) is 18.0. The molecular formula is C23H30N3O4+. The summed E-state index contributed by atoms with van der Waals surface area (Å²) >= 11 is 0. The molecule has 0 radical (unpaired) electrons. The topological polar surface area (TPSA) is 81.1 Å². The van der Waals surface area contributed by atoms with Gasteiger partial charge in [-0.15, -0.1) is 0 Å². The van der Waals surface area contributed by atoms with E-state index < -0.39 is 0 Å². The van der Waals surface area contributed by atoms with Gasteiger partial charge in [0.25, 0.3) is 11.8 Å². The molecule has 0 spiro atoms. The van der Waals surface area contributed by atoms with Crippen molar-refractivity contribution in [2.45, 2.75) is 26.9 Å². The quantitative estimate of drug-likeness (QED) is 0.634. The minimum Gasteiger partial charge on any atom is -0.486 e. The number of fused-ring (bicyclic) bond motifs is 1. The van der Waals surface area contributed by atoms with Gasteiger partial charge in [-0.25, -0.2) is 0 Å². The first-order chi connectivity index (χ1) is 14.3. The Balaban J connectivity index is 1.42. The number of benzene rings is 2. The fraction of sp³-hybridized carbons (Fsp3) is 0.391. The number of hydrogen-bond acceptors (Lipinski definition) is 4. The van der Waals surface area contributed by atoms with Gasteiger partial charge in [-0.05, 0) is 44.0 Å². The van der Waals surface area contributed by atoms with Crippen molar-refractivity contribution >= 4 is 17.5 Å². The van der Waals surface area contributed by atoms with Crippen molar-refractivity contribution in [2.24, 2.45) is 0 Å². The highest BCUT2D eigenvalue weighted by Crippen LogP contribution is 2.30. The zero-order chi connectivity index (χ0) is 21.7. The molecule has 1 aliphatic heterocycles. The Kier molecular flexibility index (Phi) is 6.95. The molecule has 3 N–H and O–H groups in total. The summed E-state index contributed by atoms with van der Waals surface area (Å²) < 4.78 is 11.5. The number of ether oxygens (including phenoxy) is 2. The van der Waals surface area contributed by atoms with Crippen molar-refractivity contribution in [2.75, 3.05) is 38.6 Å². The molecule has 7 heteroatoms. The number of amides is 2.